The van der Waals surface area contributed by atoms with E-state index in [4.69, 9.17) is 4.98 Å². The second-order valence-electron chi connectivity index (χ2n) is 9.68. The number of fused-ring (bicyclic) bond motifs is 1. The van der Waals surface area contributed by atoms with Crippen molar-refractivity contribution in [2.45, 2.75) is 52.6 Å². The van der Waals surface area contributed by atoms with E-state index in [0.717, 1.165) is 35.1 Å². The molecule has 2 amide bonds. The number of hydrogen-bond donors (Lipinski definition) is 3. The predicted molar refractivity (Wildman–Crippen MR) is 152 cm³/mol. The Labute approximate surface area is 230 Å². The van der Waals surface area contributed by atoms with E-state index in [9.17, 15) is 9.59 Å². The van der Waals surface area contributed by atoms with Crippen LogP contribution in [-0.2, 0) is 13.0 Å². The maximum atomic E-state index is 13.6. The molecular weight excluding hydrogens is 508 g/mol. The Morgan fingerprint density at radius 2 is 1.82 bits per heavy atom. The van der Waals surface area contributed by atoms with Crippen LogP contribution in [0, 0.1) is 0 Å². The van der Waals surface area contributed by atoms with E-state index in [1.165, 1.54) is 6.20 Å². The van der Waals surface area contributed by atoms with Gasteiger partial charge in [0.05, 0.1) is 12.7 Å². The number of H-pyrrole nitrogens is 1. The molecule has 40 heavy (non-hydrogen) atoms. The fourth-order valence-corrected chi connectivity index (χ4v) is 4.38. The molecule has 0 spiro atoms. The number of unbranched alkanes of at least 4 members (excludes halogenated alkanes) is 1. The van der Waals surface area contributed by atoms with Crippen molar-refractivity contribution in [3.8, 4) is 22.5 Å². The summed E-state index contributed by atoms with van der Waals surface area (Å²) in [6.45, 7) is 6.15. The van der Waals surface area contributed by atoms with E-state index in [1.807, 2.05) is 62.4 Å². The van der Waals surface area contributed by atoms with Crippen LogP contribution in [0.4, 0.5) is 10.6 Å². The van der Waals surface area contributed by atoms with Gasteiger partial charge in [0.2, 0.25) is 5.82 Å². The largest absolute Gasteiger partial charge is 0.336 e. The number of anilines is 1. The van der Waals surface area contributed by atoms with Crippen molar-refractivity contribution in [2.24, 2.45) is 0 Å². The SMILES string of the molecule is CCCCc1nc2nc(NC(=O)NC(C)C)cnc2c(=O)n1Cc1ccc(-c2ccccc2-c2nn[nH]n2)cc1. The summed E-state index contributed by atoms with van der Waals surface area (Å²) in [5.41, 5.74) is 3.88. The van der Waals surface area contributed by atoms with Crippen LogP contribution in [0.25, 0.3) is 33.7 Å². The van der Waals surface area contributed by atoms with Gasteiger partial charge in [-0.1, -0.05) is 61.9 Å². The van der Waals surface area contributed by atoms with Crippen LogP contribution in [0.5, 0.6) is 0 Å². The Kier molecular flexibility index (Phi) is 7.85. The number of tetrazole rings is 1. The van der Waals surface area contributed by atoms with E-state index in [1.54, 1.807) is 4.57 Å². The minimum Gasteiger partial charge on any atom is -0.336 e. The molecule has 0 radical (unpaired) electrons. The summed E-state index contributed by atoms with van der Waals surface area (Å²) in [4.78, 5) is 39.1. The van der Waals surface area contributed by atoms with E-state index < -0.39 is 6.03 Å². The molecule has 0 unspecified atom stereocenters. The molecule has 5 aromatic rings. The molecule has 0 bridgehead atoms. The fourth-order valence-electron chi connectivity index (χ4n) is 4.38. The Morgan fingerprint density at radius 1 is 1.05 bits per heavy atom. The van der Waals surface area contributed by atoms with Crippen LogP contribution in [-0.4, -0.2) is 52.2 Å². The Hall–Kier alpha value is -5.00. The van der Waals surface area contributed by atoms with Gasteiger partial charge in [-0.2, -0.15) is 5.21 Å². The highest BCUT2D eigenvalue weighted by Crippen LogP contribution is 2.29. The van der Waals surface area contributed by atoms with Gasteiger partial charge in [0.25, 0.3) is 5.56 Å². The minimum atomic E-state index is -0.397. The molecule has 0 aliphatic rings. The Balaban J connectivity index is 1.45. The summed E-state index contributed by atoms with van der Waals surface area (Å²) < 4.78 is 1.66. The lowest BCUT2D eigenvalue weighted by atomic mass is 9.98. The predicted octanol–water partition coefficient (Wildman–Crippen LogP) is 3.95. The van der Waals surface area contributed by atoms with Gasteiger partial charge in [0.15, 0.2) is 17.0 Å². The number of rotatable bonds is 9. The van der Waals surface area contributed by atoms with Crippen LogP contribution in [0.1, 0.15) is 45.0 Å². The van der Waals surface area contributed by atoms with Crippen LogP contribution >= 0.6 is 0 Å². The monoisotopic (exact) mass is 538 g/mol. The number of nitrogens with one attached hydrogen (secondary N) is 3. The first-order chi connectivity index (χ1) is 19.4. The van der Waals surface area contributed by atoms with Crippen LogP contribution in [0.2, 0.25) is 0 Å². The van der Waals surface area contributed by atoms with Gasteiger partial charge in [-0.3, -0.25) is 14.7 Å². The molecule has 0 saturated heterocycles. The van der Waals surface area contributed by atoms with Crippen molar-refractivity contribution in [1.82, 2.24) is 45.5 Å². The average Bonchev–Trinajstić information content (AvgIpc) is 3.48. The van der Waals surface area contributed by atoms with Gasteiger partial charge in [-0.15, -0.1) is 10.2 Å². The highest BCUT2D eigenvalue weighted by atomic mass is 16.2. The van der Waals surface area contributed by atoms with Gasteiger partial charge in [-0.05, 0) is 42.2 Å². The van der Waals surface area contributed by atoms with Gasteiger partial charge < -0.3 is 5.32 Å². The highest BCUT2D eigenvalue weighted by Gasteiger charge is 2.16. The topological polar surface area (TPSA) is 156 Å². The number of carbonyl (C=O) groups excluding carboxylic acids is 1. The molecule has 12 heteroatoms. The van der Waals surface area contributed by atoms with E-state index in [-0.39, 0.29) is 28.6 Å². The number of benzene rings is 2. The van der Waals surface area contributed by atoms with E-state index in [2.05, 4.69) is 48.1 Å². The Bertz CT molecular complexity index is 1680. The summed E-state index contributed by atoms with van der Waals surface area (Å²) in [6, 6.07) is 15.4. The van der Waals surface area contributed by atoms with E-state index >= 15 is 0 Å². The number of hydrogen-bond acceptors (Lipinski definition) is 8. The van der Waals surface area contributed by atoms with Crippen molar-refractivity contribution in [3.05, 3.63) is 76.5 Å². The van der Waals surface area contributed by atoms with Gasteiger partial charge in [0, 0.05) is 18.0 Å². The summed E-state index contributed by atoms with van der Waals surface area (Å²) in [5, 5.41) is 19.8. The lowest BCUT2D eigenvalue weighted by molar-refractivity contribution is 0.250. The lowest BCUT2D eigenvalue weighted by Gasteiger charge is -2.14. The summed E-state index contributed by atoms with van der Waals surface area (Å²) in [7, 11) is 0. The zero-order chi connectivity index (χ0) is 28.1. The zero-order valence-corrected chi connectivity index (χ0v) is 22.5. The first-order valence-corrected chi connectivity index (χ1v) is 13.2. The number of aryl methyl sites for hydroxylation is 1. The first kappa shape index (κ1) is 26.6. The molecular formula is C28H30N10O2. The quantitative estimate of drug-likeness (QED) is 0.255. The molecule has 0 fully saturated rings. The second kappa shape index (κ2) is 11.8. The molecule has 5 rings (SSSR count). The number of nitrogens with zero attached hydrogens (tertiary/aromatic N) is 7. The molecule has 204 valence electrons. The van der Waals surface area contributed by atoms with Gasteiger partial charge >= 0.3 is 6.03 Å². The average molecular weight is 539 g/mol. The number of carbonyl (C=O) groups is 1. The third kappa shape index (κ3) is 5.85. The van der Waals surface area contributed by atoms with Gasteiger partial charge in [-0.25, -0.2) is 19.7 Å². The zero-order valence-electron chi connectivity index (χ0n) is 22.5. The molecule has 0 saturated carbocycles. The number of aromatic amines is 1. The number of amides is 2. The third-order valence-electron chi connectivity index (χ3n) is 6.28. The number of aromatic nitrogens is 8. The van der Waals surface area contributed by atoms with Crippen molar-refractivity contribution < 1.29 is 4.79 Å². The van der Waals surface area contributed by atoms with Crippen molar-refractivity contribution in [3.63, 3.8) is 0 Å². The van der Waals surface area contributed by atoms with Gasteiger partial charge in [0.1, 0.15) is 5.82 Å². The molecule has 0 aliphatic carbocycles. The van der Waals surface area contributed by atoms with Crippen molar-refractivity contribution in [1.29, 1.82) is 0 Å². The summed E-state index contributed by atoms with van der Waals surface area (Å²) >= 11 is 0. The maximum absolute atomic E-state index is 13.6. The minimum absolute atomic E-state index is 0.0336. The molecule has 3 aromatic heterocycles. The summed E-state index contributed by atoms with van der Waals surface area (Å²) in [6.07, 6.45) is 3.80. The second-order valence-corrected chi connectivity index (χ2v) is 9.68. The molecule has 0 aliphatic heterocycles. The normalized spacial score (nSPS) is 11.2. The fraction of sp³-hybridized carbons (Fsp3) is 0.286. The number of urea groups is 1. The van der Waals surface area contributed by atoms with Crippen LogP contribution < -0.4 is 16.2 Å². The van der Waals surface area contributed by atoms with Crippen LogP contribution in [0.3, 0.4) is 0 Å². The molecule has 2 aromatic carbocycles. The van der Waals surface area contributed by atoms with Crippen LogP contribution in [0.15, 0.2) is 59.5 Å². The smallest absolute Gasteiger partial charge is 0.320 e. The molecule has 0 atom stereocenters. The standard InChI is InChI=1S/C28H30N10O2/c1-4-5-10-23-33-26-24(29-15-22(31-26)32-28(40)30-17(2)3)27(39)38(23)16-18-11-13-19(14-12-18)20-8-6-7-9-21(20)25-34-36-37-35-25/h6-9,11-15,17H,4-5,10,16H2,1-3H3,(H2,30,31,32,40)(H,34,35,36,37). The molecule has 12 nitrogen and oxygen atoms in total. The maximum Gasteiger partial charge on any atom is 0.320 e. The van der Waals surface area contributed by atoms with E-state index in [0.29, 0.717) is 24.6 Å². The highest BCUT2D eigenvalue weighted by molar-refractivity contribution is 5.89. The summed E-state index contributed by atoms with van der Waals surface area (Å²) in [5.74, 6) is 1.38. The van der Waals surface area contributed by atoms with Crippen molar-refractivity contribution >= 4 is 23.0 Å². The lowest BCUT2D eigenvalue weighted by Crippen LogP contribution is -2.34. The van der Waals surface area contributed by atoms with Crippen molar-refractivity contribution in [2.75, 3.05) is 5.32 Å². The third-order valence-corrected chi connectivity index (χ3v) is 6.28. The first-order valence-electron chi connectivity index (χ1n) is 13.2. The molecule has 3 N–H and O–H groups in total. The molecule has 3 heterocycles. The Morgan fingerprint density at radius 3 is 2.52 bits per heavy atom.